The third-order valence-electron chi connectivity index (χ3n) is 2.59. The van der Waals surface area contributed by atoms with Gasteiger partial charge in [-0.05, 0) is 33.1 Å². The summed E-state index contributed by atoms with van der Waals surface area (Å²) < 4.78 is 6.57. The highest BCUT2D eigenvalue weighted by atomic mass is 32.2. The van der Waals surface area contributed by atoms with Crippen LogP contribution >= 0.6 is 11.8 Å². The summed E-state index contributed by atoms with van der Waals surface area (Å²) in [6, 6.07) is 3.04. The van der Waals surface area contributed by atoms with Crippen molar-refractivity contribution >= 4 is 28.8 Å². The molecule has 0 spiro atoms. The summed E-state index contributed by atoms with van der Waals surface area (Å²) in [5.41, 5.74) is -0.447. The Hall–Kier alpha value is -1.89. The zero-order chi connectivity index (χ0) is 15.6. The van der Waals surface area contributed by atoms with Crippen LogP contribution < -0.4 is 5.56 Å². The lowest BCUT2D eigenvalue weighted by Crippen LogP contribution is -2.30. The molecule has 2 aromatic heterocycles. The molecule has 6 nitrogen and oxygen atoms in total. The van der Waals surface area contributed by atoms with Crippen LogP contribution in [0.25, 0.3) is 11.0 Å². The maximum absolute atomic E-state index is 12.0. The molecule has 21 heavy (non-hydrogen) atoms. The van der Waals surface area contributed by atoms with E-state index in [0.717, 1.165) is 0 Å². The quantitative estimate of drug-likeness (QED) is 0.489. The van der Waals surface area contributed by atoms with Crippen LogP contribution in [0.5, 0.6) is 0 Å². The molecule has 0 saturated carbocycles. The molecule has 0 aliphatic heterocycles. The van der Waals surface area contributed by atoms with Gasteiger partial charge in [0.15, 0.2) is 5.16 Å². The molecule has 2 heterocycles. The number of aromatic nitrogens is 3. The van der Waals surface area contributed by atoms with E-state index in [-0.39, 0.29) is 12.1 Å². The van der Waals surface area contributed by atoms with E-state index < -0.39 is 11.6 Å². The maximum atomic E-state index is 12.0. The van der Waals surface area contributed by atoms with E-state index in [1.807, 2.05) is 6.26 Å². The lowest BCUT2D eigenvalue weighted by molar-refractivity contribution is -0.155. The van der Waals surface area contributed by atoms with Gasteiger partial charge < -0.3 is 4.74 Å². The van der Waals surface area contributed by atoms with E-state index >= 15 is 0 Å². The van der Waals surface area contributed by atoms with Crippen molar-refractivity contribution < 1.29 is 9.53 Å². The van der Waals surface area contributed by atoms with Crippen molar-refractivity contribution in [1.29, 1.82) is 0 Å². The summed E-state index contributed by atoms with van der Waals surface area (Å²) in [6.45, 7) is 5.18. The predicted octanol–water partition coefficient (Wildman–Crippen LogP) is 1.86. The Morgan fingerprint density at radius 3 is 2.71 bits per heavy atom. The molecule has 0 saturated heterocycles. The Labute approximate surface area is 126 Å². The Bertz CT molecular complexity index is 734. The molecule has 0 bridgehead atoms. The fraction of sp³-hybridized carbons (Fsp3) is 0.429. The smallest absolute Gasteiger partial charge is 0.326 e. The molecule has 0 aromatic carbocycles. The molecule has 0 N–H and O–H groups in total. The largest absolute Gasteiger partial charge is 0.459 e. The number of hydrogen-bond acceptors (Lipinski definition) is 6. The lowest BCUT2D eigenvalue weighted by Gasteiger charge is -2.20. The molecule has 0 aliphatic rings. The highest BCUT2D eigenvalue weighted by molar-refractivity contribution is 7.98. The molecule has 0 aliphatic carbocycles. The van der Waals surface area contributed by atoms with E-state index in [2.05, 4.69) is 9.97 Å². The van der Waals surface area contributed by atoms with Crippen LogP contribution in [0.15, 0.2) is 28.3 Å². The number of fused-ring (bicyclic) bond motifs is 1. The first-order valence-corrected chi connectivity index (χ1v) is 7.65. The number of nitrogens with zero attached hydrogens (tertiary/aromatic N) is 3. The summed E-state index contributed by atoms with van der Waals surface area (Å²) in [5.74, 6) is -0.471. The van der Waals surface area contributed by atoms with Crippen molar-refractivity contribution in [3.63, 3.8) is 0 Å². The van der Waals surface area contributed by atoms with Crippen LogP contribution in [-0.2, 0) is 16.1 Å². The average Bonchev–Trinajstić information content (AvgIpc) is 2.39. The van der Waals surface area contributed by atoms with Gasteiger partial charge in [0.25, 0.3) is 5.56 Å². The first-order valence-electron chi connectivity index (χ1n) is 6.42. The summed E-state index contributed by atoms with van der Waals surface area (Å²) >= 11 is 1.37. The second kappa shape index (κ2) is 5.85. The van der Waals surface area contributed by atoms with Crippen molar-refractivity contribution in [2.24, 2.45) is 0 Å². The summed E-state index contributed by atoms with van der Waals surface area (Å²) in [4.78, 5) is 32.4. The van der Waals surface area contributed by atoms with E-state index in [9.17, 15) is 9.59 Å². The van der Waals surface area contributed by atoms with Gasteiger partial charge in [-0.2, -0.15) is 0 Å². The molecular formula is C14H17N3O3S. The maximum Gasteiger partial charge on any atom is 0.326 e. The van der Waals surface area contributed by atoms with Crippen molar-refractivity contribution in [3.8, 4) is 0 Å². The average molecular weight is 307 g/mol. The van der Waals surface area contributed by atoms with Gasteiger partial charge in [0.1, 0.15) is 17.8 Å². The Balaban J connectivity index is 2.44. The molecular weight excluding hydrogens is 290 g/mol. The van der Waals surface area contributed by atoms with E-state index in [1.54, 1.807) is 33.0 Å². The highest BCUT2D eigenvalue weighted by Gasteiger charge is 2.18. The van der Waals surface area contributed by atoms with Gasteiger partial charge in [-0.15, -0.1) is 0 Å². The number of rotatable bonds is 3. The van der Waals surface area contributed by atoms with Gasteiger partial charge in [-0.25, -0.2) is 9.97 Å². The minimum absolute atomic E-state index is 0.168. The minimum atomic E-state index is -0.593. The van der Waals surface area contributed by atoms with Crippen molar-refractivity contribution in [3.05, 3.63) is 28.7 Å². The van der Waals surface area contributed by atoms with Crippen molar-refractivity contribution in [2.45, 2.75) is 38.1 Å². The zero-order valence-electron chi connectivity index (χ0n) is 12.4. The lowest BCUT2D eigenvalue weighted by atomic mass is 10.2. The Kier molecular flexibility index (Phi) is 4.32. The second-order valence-electron chi connectivity index (χ2n) is 5.48. The van der Waals surface area contributed by atoms with Crippen LogP contribution in [0.2, 0.25) is 0 Å². The molecule has 2 rings (SSSR count). The monoisotopic (exact) mass is 307 g/mol. The van der Waals surface area contributed by atoms with Crippen molar-refractivity contribution in [2.75, 3.05) is 6.26 Å². The first-order chi connectivity index (χ1) is 9.80. The first kappa shape index (κ1) is 15.5. The summed E-state index contributed by atoms with van der Waals surface area (Å²) in [6.07, 6.45) is 3.49. The van der Waals surface area contributed by atoms with Crippen LogP contribution in [0.3, 0.4) is 0 Å². The van der Waals surface area contributed by atoms with Crippen molar-refractivity contribution in [1.82, 2.24) is 14.5 Å². The van der Waals surface area contributed by atoms with E-state index in [0.29, 0.717) is 16.2 Å². The molecule has 0 unspecified atom stereocenters. The van der Waals surface area contributed by atoms with Crippen LogP contribution in [0, 0.1) is 0 Å². The van der Waals surface area contributed by atoms with Gasteiger partial charge in [-0.1, -0.05) is 11.8 Å². The van der Waals surface area contributed by atoms with E-state index in [4.69, 9.17) is 4.74 Å². The second-order valence-corrected chi connectivity index (χ2v) is 6.25. The number of thioether (sulfide) groups is 1. The summed E-state index contributed by atoms with van der Waals surface area (Å²) in [5, 5.41) is 1.25. The number of pyridine rings is 1. The highest BCUT2D eigenvalue weighted by Crippen LogP contribution is 2.14. The Morgan fingerprint density at radius 1 is 1.38 bits per heavy atom. The van der Waals surface area contributed by atoms with Crippen LogP contribution in [-0.4, -0.2) is 32.4 Å². The molecule has 2 aromatic rings. The normalized spacial score (nSPS) is 11.6. The fourth-order valence-electron chi connectivity index (χ4n) is 1.81. The number of hydrogen-bond donors (Lipinski definition) is 0. The van der Waals surface area contributed by atoms with Gasteiger partial charge in [0, 0.05) is 17.6 Å². The van der Waals surface area contributed by atoms with Crippen LogP contribution in [0.1, 0.15) is 20.8 Å². The number of ether oxygens (including phenoxy) is 1. The van der Waals surface area contributed by atoms with Gasteiger partial charge in [0.2, 0.25) is 0 Å². The predicted molar refractivity (Wildman–Crippen MR) is 81.4 cm³/mol. The molecule has 0 amide bonds. The number of carbonyl (C=O) groups excluding carboxylic acids is 1. The third kappa shape index (κ3) is 3.81. The van der Waals surface area contributed by atoms with Gasteiger partial charge in [-0.3, -0.25) is 14.2 Å². The van der Waals surface area contributed by atoms with Gasteiger partial charge in [0.05, 0.1) is 0 Å². The Morgan fingerprint density at radius 2 is 2.10 bits per heavy atom. The fourth-order valence-corrected chi connectivity index (χ4v) is 2.15. The summed E-state index contributed by atoms with van der Waals surface area (Å²) in [7, 11) is 0. The molecule has 0 fully saturated rings. The molecule has 112 valence electrons. The zero-order valence-corrected chi connectivity index (χ0v) is 13.2. The number of esters is 1. The third-order valence-corrected chi connectivity index (χ3v) is 3.15. The molecule has 0 radical (unpaired) electrons. The number of carbonyl (C=O) groups is 1. The standard InChI is InChI=1S/C14H17N3O3S/c1-14(2,3)20-11(19)8-17-10(18)6-5-9-7-15-13(21-4)16-12(9)17/h5-7H,8H2,1-4H3. The SMILES string of the molecule is CSc1ncc2ccc(=O)n(CC(=O)OC(C)(C)C)c2n1. The molecule has 0 atom stereocenters. The van der Waals surface area contributed by atoms with Gasteiger partial charge >= 0.3 is 5.97 Å². The topological polar surface area (TPSA) is 74.1 Å². The van der Waals surface area contributed by atoms with Crippen LogP contribution in [0.4, 0.5) is 0 Å². The molecule has 7 heteroatoms. The minimum Gasteiger partial charge on any atom is -0.459 e. The van der Waals surface area contributed by atoms with E-state index in [1.165, 1.54) is 22.4 Å².